The van der Waals surface area contributed by atoms with E-state index in [4.69, 9.17) is 4.74 Å². The third kappa shape index (κ3) is 1.70. The molecule has 22 heavy (non-hydrogen) atoms. The standard InChI is InChI=1S/C18H23NO3/c1-12(13-8-6-5-7-9-13)19-14(20)18-11-10-17(4,15(21)22-18)16(18,2)3/h5-9,12H,10-11H2,1-4H3,(H,19,20)/t12-,17-,18+/m1/s1. The lowest BCUT2D eigenvalue weighted by Crippen LogP contribution is -2.53. The number of benzene rings is 1. The highest BCUT2D eigenvalue weighted by atomic mass is 16.6. The molecule has 1 saturated heterocycles. The molecular weight excluding hydrogens is 278 g/mol. The van der Waals surface area contributed by atoms with Gasteiger partial charge in [0, 0.05) is 5.41 Å². The van der Waals surface area contributed by atoms with Gasteiger partial charge >= 0.3 is 5.97 Å². The maximum Gasteiger partial charge on any atom is 0.313 e. The second-order valence-corrected chi connectivity index (χ2v) is 7.28. The summed E-state index contributed by atoms with van der Waals surface area (Å²) in [7, 11) is 0. The van der Waals surface area contributed by atoms with Gasteiger partial charge in [0.1, 0.15) is 0 Å². The Labute approximate surface area is 131 Å². The molecule has 1 amide bonds. The van der Waals surface area contributed by atoms with E-state index in [9.17, 15) is 9.59 Å². The molecule has 1 aromatic carbocycles. The number of fused-ring (bicyclic) bond motifs is 2. The normalized spacial score (nSPS) is 33.4. The van der Waals surface area contributed by atoms with E-state index in [1.807, 2.05) is 58.0 Å². The van der Waals surface area contributed by atoms with Crippen LogP contribution in [-0.4, -0.2) is 17.5 Å². The van der Waals surface area contributed by atoms with Crippen molar-refractivity contribution in [3.8, 4) is 0 Å². The van der Waals surface area contributed by atoms with Crippen LogP contribution in [0.25, 0.3) is 0 Å². The Bertz CT molecular complexity index is 624. The highest BCUT2D eigenvalue weighted by Gasteiger charge is 2.75. The molecule has 3 atom stereocenters. The van der Waals surface area contributed by atoms with Crippen molar-refractivity contribution in [3.05, 3.63) is 35.9 Å². The molecule has 0 aromatic heterocycles. The van der Waals surface area contributed by atoms with Crippen LogP contribution in [0.4, 0.5) is 0 Å². The molecular formula is C18H23NO3. The number of esters is 1. The molecule has 1 heterocycles. The predicted octanol–water partition coefficient (Wildman–Crippen LogP) is 2.99. The van der Waals surface area contributed by atoms with Gasteiger partial charge in [0.15, 0.2) is 5.60 Å². The molecule has 2 aliphatic rings. The number of carbonyl (C=O) groups excluding carboxylic acids is 2. The van der Waals surface area contributed by atoms with Gasteiger partial charge in [0.2, 0.25) is 0 Å². The molecule has 2 bridgehead atoms. The first-order valence-electron chi connectivity index (χ1n) is 7.84. The van der Waals surface area contributed by atoms with Crippen molar-refractivity contribution in [2.24, 2.45) is 10.8 Å². The van der Waals surface area contributed by atoms with E-state index in [1.165, 1.54) is 0 Å². The lowest BCUT2D eigenvalue weighted by atomic mass is 9.66. The van der Waals surface area contributed by atoms with Crippen molar-refractivity contribution in [2.75, 3.05) is 0 Å². The molecule has 3 rings (SSSR count). The van der Waals surface area contributed by atoms with Crippen LogP contribution in [0.15, 0.2) is 30.3 Å². The van der Waals surface area contributed by atoms with Gasteiger partial charge in [-0.05, 0) is 32.3 Å². The van der Waals surface area contributed by atoms with E-state index in [0.29, 0.717) is 12.8 Å². The van der Waals surface area contributed by atoms with Crippen LogP contribution >= 0.6 is 0 Å². The zero-order chi connectivity index (χ0) is 16.2. The smallest absolute Gasteiger partial charge is 0.313 e. The van der Waals surface area contributed by atoms with Gasteiger partial charge in [0.05, 0.1) is 11.5 Å². The zero-order valence-corrected chi connectivity index (χ0v) is 13.6. The SMILES string of the molecule is C[C@@H](NC(=O)[C@]12CC[C@](C)(C(=O)O1)C2(C)C)c1ccccc1. The van der Waals surface area contributed by atoms with Crippen LogP contribution in [0.2, 0.25) is 0 Å². The first kappa shape index (κ1) is 15.1. The maximum absolute atomic E-state index is 12.9. The van der Waals surface area contributed by atoms with Gasteiger partial charge in [-0.2, -0.15) is 0 Å². The van der Waals surface area contributed by atoms with Crippen LogP contribution in [0, 0.1) is 10.8 Å². The van der Waals surface area contributed by atoms with Crippen LogP contribution in [-0.2, 0) is 14.3 Å². The Hall–Kier alpha value is -1.84. The van der Waals surface area contributed by atoms with Gasteiger partial charge < -0.3 is 10.1 Å². The first-order chi connectivity index (χ1) is 10.2. The molecule has 0 spiro atoms. The minimum absolute atomic E-state index is 0.120. The number of hydrogen-bond donors (Lipinski definition) is 1. The molecule has 4 nitrogen and oxygen atoms in total. The summed E-state index contributed by atoms with van der Waals surface area (Å²) in [5, 5.41) is 3.03. The third-order valence-electron chi connectivity index (χ3n) is 6.10. The first-order valence-corrected chi connectivity index (χ1v) is 7.84. The van der Waals surface area contributed by atoms with Crippen molar-refractivity contribution in [1.82, 2.24) is 5.32 Å². The van der Waals surface area contributed by atoms with Gasteiger partial charge in [-0.1, -0.05) is 44.2 Å². The lowest BCUT2D eigenvalue weighted by Gasteiger charge is -2.36. The number of amides is 1. The molecule has 1 aliphatic carbocycles. The molecule has 1 aliphatic heterocycles. The number of nitrogens with one attached hydrogen (secondary N) is 1. The summed E-state index contributed by atoms with van der Waals surface area (Å²) in [6.45, 7) is 7.80. The topological polar surface area (TPSA) is 55.4 Å². The van der Waals surface area contributed by atoms with Crippen molar-refractivity contribution in [2.45, 2.75) is 52.2 Å². The molecule has 1 N–H and O–H groups in total. The average Bonchev–Trinajstić information content (AvgIpc) is 2.78. The average molecular weight is 301 g/mol. The van der Waals surface area contributed by atoms with Gasteiger partial charge in [-0.25, -0.2) is 0 Å². The number of carbonyl (C=O) groups is 2. The Morgan fingerprint density at radius 1 is 1.18 bits per heavy atom. The molecule has 118 valence electrons. The summed E-state index contributed by atoms with van der Waals surface area (Å²) < 4.78 is 5.61. The van der Waals surface area contributed by atoms with E-state index in [0.717, 1.165) is 5.56 Å². The Balaban J connectivity index is 1.85. The van der Waals surface area contributed by atoms with E-state index < -0.39 is 16.4 Å². The van der Waals surface area contributed by atoms with E-state index in [2.05, 4.69) is 5.32 Å². The summed E-state index contributed by atoms with van der Waals surface area (Å²) in [6, 6.07) is 9.68. The highest BCUT2D eigenvalue weighted by Crippen LogP contribution is 2.65. The fraction of sp³-hybridized carbons (Fsp3) is 0.556. The molecule has 0 unspecified atom stereocenters. The summed E-state index contributed by atoms with van der Waals surface area (Å²) in [6.07, 6.45) is 1.29. The number of rotatable bonds is 3. The van der Waals surface area contributed by atoms with E-state index >= 15 is 0 Å². The van der Waals surface area contributed by atoms with Gasteiger partial charge in [-0.15, -0.1) is 0 Å². The zero-order valence-electron chi connectivity index (χ0n) is 13.6. The second-order valence-electron chi connectivity index (χ2n) is 7.28. The predicted molar refractivity (Wildman–Crippen MR) is 82.9 cm³/mol. The van der Waals surface area contributed by atoms with Crippen molar-refractivity contribution >= 4 is 11.9 Å². The minimum atomic E-state index is -1.04. The summed E-state index contributed by atoms with van der Waals surface area (Å²) in [4.78, 5) is 25.2. The monoisotopic (exact) mass is 301 g/mol. The van der Waals surface area contributed by atoms with Crippen LogP contribution in [0.1, 0.15) is 52.1 Å². The molecule has 1 aromatic rings. The van der Waals surface area contributed by atoms with E-state index in [-0.39, 0.29) is 17.9 Å². The summed E-state index contributed by atoms with van der Waals surface area (Å²) >= 11 is 0. The Kier molecular flexibility index (Phi) is 3.13. The van der Waals surface area contributed by atoms with Crippen LogP contribution in [0.3, 0.4) is 0 Å². The molecule has 1 saturated carbocycles. The molecule has 0 radical (unpaired) electrons. The van der Waals surface area contributed by atoms with Crippen LogP contribution in [0.5, 0.6) is 0 Å². The molecule has 2 fully saturated rings. The third-order valence-corrected chi connectivity index (χ3v) is 6.10. The highest BCUT2D eigenvalue weighted by molar-refractivity contribution is 5.96. The largest absolute Gasteiger partial charge is 0.448 e. The van der Waals surface area contributed by atoms with E-state index in [1.54, 1.807) is 0 Å². The fourth-order valence-electron chi connectivity index (χ4n) is 3.89. The second kappa shape index (κ2) is 4.58. The van der Waals surface area contributed by atoms with Gasteiger partial charge in [-0.3, -0.25) is 9.59 Å². The number of ether oxygens (including phenoxy) is 1. The summed E-state index contributed by atoms with van der Waals surface area (Å²) in [5.74, 6) is -0.422. The maximum atomic E-state index is 12.9. The minimum Gasteiger partial charge on any atom is -0.448 e. The quantitative estimate of drug-likeness (QED) is 0.873. The summed E-state index contributed by atoms with van der Waals surface area (Å²) in [5.41, 5.74) is -1.07. The number of hydrogen-bond acceptors (Lipinski definition) is 3. The van der Waals surface area contributed by atoms with Crippen molar-refractivity contribution in [3.63, 3.8) is 0 Å². The van der Waals surface area contributed by atoms with Gasteiger partial charge in [0.25, 0.3) is 5.91 Å². The van der Waals surface area contributed by atoms with Crippen molar-refractivity contribution in [1.29, 1.82) is 0 Å². The molecule has 4 heteroatoms. The Morgan fingerprint density at radius 3 is 2.32 bits per heavy atom. The fourth-order valence-corrected chi connectivity index (χ4v) is 3.89. The lowest BCUT2D eigenvalue weighted by molar-refractivity contribution is -0.168. The van der Waals surface area contributed by atoms with Crippen LogP contribution < -0.4 is 5.32 Å². The Morgan fingerprint density at radius 2 is 1.82 bits per heavy atom. The van der Waals surface area contributed by atoms with Crippen molar-refractivity contribution < 1.29 is 14.3 Å².